The lowest BCUT2D eigenvalue weighted by molar-refractivity contribution is -0.137. The van der Waals surface area contributed by atoms with Gasteiger partial charge in [-0.2, -0.15) is 13.2 Å². The summed E-state index contributed by atoms with van der Waals surface area (Å²) < 4.78 is 49.6. The van der Waals surface area contributed by atoms with E-state index in [-0.39, 0.29) is 11.6 Å². The Morgan fingerprint density at radius 3 is 2.70 bits per heavy atom. The van der Waals surface area contributed by atoms with Gasteiger partial charge in [-0.3, -0.25) is 4.79 Å². The number of fused-ring (bicyclic) bond motifs is 5. The average Bonchev–Trinajstić information content (AvgIpc) is 3.21. The summed E-state index contributed by atoms with van der Waals surface area (Å²) in [5.41, 5.74) is -1.33. The van der Waals surface area contributed by atoms with Gasteiger partial charge in [0.2, 0.25) is 11.8 Å². The van der Waals surface area contributed by atoms with Crippen molar-refractivity contribution < 1.29 is 32.5 Å². The number of aromatic nitrogens is 1. The van der Waals surface area contributed by atoms with Crippen molar-refractivity contribution in [2.24, 2.45) is 5.41 Å². The van der Waals surface area contributed by atoms with Crippen LogP contribution < -0.4 is 10.1 Å². The Morgan fingerprint density at radius 2 is 2.03 bits per heavy atom. The molecule has 5 rings (SSSR count). The van der Waals surface area contributed by atoms with Crippen LogP contribution in [0.3, 0.4) is 0 Å². The van der Waals surface area contributed by atoms with E-state index < -0.39 is 40.9 Å². The molecule has 158 valence electrons. The van der Waals surface area contributed by atoms with E-state index in [1.165, 1.54) is 19.2 Å². The number of alkyl halides is 3. The van der Waals surface area contributed by atoms with Crippen LogP contribution in [0.5, 0.6) is 5.88 Å². The molecule has 6 nitrogen and oxygen atoms in total. The molecule has 2 aliphatic heterocycles. The van der Waals surface area contributed by atoms with Gasteiger partial charge in [0.05, 0.1) is 36.4 Å². The molecule has 0 radical (unpaired) electrons. The molecule has 5 atom stereocenters. The van der Waals surface area contributed by atoms with Gasteiger partial charge in [0.15, 0.2) is 0 Å². The van der Waals surface area contributed by atoms with Crippen LogP contribution in [0.15, 0.2) is 42.6 Å². The van der Waals surface area contributed by atoms with Gasteiger partial charge in [0, 0.05) is 29.8 Å². The number of aliphatic hydroxyl groups is 1. The van der Waals surface area contributed by atoms with E-state index in [9.17, 15) is 23.1 Å². The van der Waals surface area contributed by atoms with Gasteiger partial charge in [-0.25, -0.2) is 4.98 Å². The fourth-order valence-electron chi connectivity index (χ4n) is 5.32. The Hall–Kier alpha value is -2.65. The number of hydrogen-bond donors (Lipinski definition) is 2. The second kappa shape index (κ2) is 6.18. The number of benzene rings is 1. The summed E-state index contributed by atoms with van der Waals surface area (Å²) in [4.78, 5) is 17.5. The maximum Gasteiger partial charge on any atom is 0.416 e. The van der Waals surface area contributed by atoms with Crippen LogP contribution in [0, 0.1) is 5.41 Å². The van der Waals surface area contributed by atoms with Crippen LogP contribution in [0.25, 0.3) is 0 Å². The number of ether oxygens (including phenoxy) is 2. The van der Waals surface area contributed by atoms with Crippen molar-refractivity contribution in [1.29, 1.82) is 0 Å². The number of amides is 1. The van der Waals surface area contributed by atoms with Crippen LogP contribution in [0.4, 0.5) is 18.9 Å². The molecule has 2 N–H and O–H groups in total. The van der Waals surface area contributed by atoms with E-state index in [4.69, 9.17) is 9.47 Å². The lowest BCUT2D eigenvalue weighted by Crippen LogP contribution is -2.44. The van der Waals surface area contributed by atoms with Crippen molar-refractivity contribution in [3.63, 3.8) is 0 Å². The third kappa shape index (κ3) is 2.45. The number of anilines is 1. The van der Waals surface area contributed by atoms with Gasteiger partial charge >= 0.3 is 6.18 Å². The van der Waals surface area contributed by atoms with Crippen molar-refractivity contribution in [2.45, 2.75) is 42.7 Å². The molecule has 3 aliphatic rings. The SMILES string of the molecule is COc1cc(C23CC2(C(=O)Nc2ccc(C(F)(F)F)cc2)C2CC(O)C3O2)ccn1. The number of carbonyl (C=O) groups is 1. The lowest BCUT2D eigenvalue weighted by atomic mass is 9.74. The number of pyridine rings is 1. The van der Waals surface area contributed by atoms with E-state index in [0.29, 0.717) is 18.7 Å². The molecule has 3 heterocycles. The van der Waals surface area contributed by atoms with Crippen LogP contribution in [0.2, 0.25) is 0 Å². The van der Waals surface area contributed by atoms with Gasteiger partial charge < -0.3 is 19.9 Å². The zero-order valence-electron chi connectivity index (χ0n) is 15.9. The number of nitrogens with one attached hydrogen (secondary N) is 1. The first-order valence-electron chi connectivity index (χ1n) is 9.55. The third-order valence-corrected chi connectivity index (χ3v) is 6.71. The van der Waals surface area contributed by atoms with Gasteiger partial charge in [-0.15, -0.1) is 0 Å². The topological polar surface area (TPSA) is 80.7 Å². The Bertz CT molecular complexity index is 1010. The van der Waals surface area contributed by atoms with Gasteiger partial charge in [0.1, 0.15) is 0 Å². The summed E-state index contributed by atoms with van der Waals surface area (Å²) in [6, 6.07) is 7.86. The van der Waals surface area contributed by atoms with Gasteiger partial charge in [0.25, 0.3) is 0 Å². The highest BCUT2D eigenvalue weighted by atomic mass is 19.4. The van der Waals surface area contributed by atoms with E-state index >= 15 is 0 Å². The fraction of sp³-hybridized carbons (Fsp3) is 0.429. The Balaban J connectivity index is 1.46. The average molecular weight is 420 g/mol. The van der Waals surface area contributed by atoms with Crippen molar-refractivity contribution in [1.82, 2.24) is 4.98 Å². The minimum atomic E-state index is -4.44. The van der Waals surface area contributed by atoms with Crippen molar-refractivity contribution in [2.75, 3.05) is 12.4 Å². The Kier molecular flexibility index (Phi) is 3.98. The summed E-state index contributed by atoms with van der Waals surface area (Å²) in [5.74, 6) is 0.0699. The number of halogens is 3. The van der Waals surface area contributed by atoms with E-state index in [1.54, 1.807) is 18.3 Å². The molecule has 30 heavy (non-hydrogen) atoms. The molecule has 2 bridgehead atoms. The standard InChI is InChI=1S/C21H19F3N2O4/c1-29-16-8-12(6-7-25-16)19-10-20(19,15-9-14(27)17(19)30-15)18(28)26-13-4-2-11(3-5-13)21(22,23)24/h2-8,14-15,17,27H,9-10H2,1H3,(H,26,28). The molecule has 1 saturated carbocycles. The number of carbonyl (C=O) groups excluding carboxylic acids is 1. The number of nitrogens with zero attached hydrogens (tertiary/aromatic N) is 1. The third-order valence-electron chi connectivity index (χ3n) is 6.71. The highest BCUT2D eigenvalue weighted by Crippen LogP contribution is 2.77. The number of hydrogen-bond acceptors (Lipinski definition) is 5. The maximum atomic E-state index is 13.3. The van der Waals surface area contributed by atoms with Crippen LogP contribution >= 0.6 is 0 Å². The molecular formula is C21H19F3N2O4. The molecule has 1 aromatic carbocycles. The van der Waals surface area contributed by atoms with Gasteiger partial charge in [-0.05, 0) is 42.3 Å². The first-order valence-corrected chi connectivity index (χ1v) is 9.55. The number of aliphatic hydroxyl groups excluding tert-OH is 1. The first kappa shape index (κ1) is 19.3. The zero-order valence-corrected chi connectivity index (χ0v) is 15.9. The van der Waals surface area contributed by atoms with Gasteiger partial charge in [-0.1, -0.05) is 0 Å². The van der Waals surface area contributed by atoms with Crippen molar-refractivity contribution in [3.8, 4) is 5.88 Å². The van der Waals surface area contributed by atoms with Crippen LogP contribution in [-0.2, 0) is 21.1 Å². The fourth-order valence-corrected chi connectivity index (χ4v) is 5.32. The largest absolute Gasteiger partial charge is 0.481 e. The molecule has 2 aromatic rings. The predicted molar refractivity (Wildman–Crippen MR) is 98.9 cm³/mol. The molecule has 1 aliphatic carbocycles. The molecule has 0 spiro atoms. The maximum absolute atomic E-state index is 13.3. The van der Waals surface area contributed by atoms with E-state index in [0.717, 1.165) is 17.7 Å². The highest BCUT2D eigenvalue weighted by Gasteiger charge is 2.87. The monoisotopic (exact) mass is 420 g/mol. The summed E-state index contributed by atoms with van der Waals surface area (Å²) >= 11 is 0. The molecule has 9 heteroatoms. The summed E-state index contributed by atoms with van der Waals surface area (Å²) in [6.07, 6.45) is -3.73. The smallest absolute Gasteiger partial charge is 0.416 e. The second-order valence-electron chi connectivity index (χ2n) is 8.08. The second-order valence-corrected chi connectivity index (χ2v) is 8.08. The molecular weight excluding hydrogens is 401 g/mol. The Morgan fingerprint density at radius 1 is 1.30 bits per heavy atom. The van der Waals surface area contributed by atoms with Crippen molar-refractivity contribution >= 4 is 11.6 Å². The van der Waals surface area contributed by atoms with Crippen LogP contribution in [0.1, 0.15) is 24.0 Å². The summed E-state index contributed by atoms with van der Waals surface area (Å²) in [5, 5.41) is 13.2. The summed E-state index contributed by atoms with van der Waals surface area (Å²) in [6.45, 7) is 0. The minimum Gasteiger partial charge on any atom is -0.481 e. The quantitative estimate of drug-likeness (QED) is 0.795. The predicted octanol–water partition coefficient (Wildman–Crippen LogP) is 2.91. The van der Waals surface area contributed by atoms with Crippen LogP contribution in [-0.4, -0.2) is 41.4 Å². The molecule has 1 amide bonds. The summed E-state index contributed by atoms with van der Waals surface area (Å²) in [7, 11) is 1.49. The number of methoxy groups -OCH3 is 1. The minimum absolute atomic E-state index is 0.277. The molecule has 5 unspecified atom stereocenters. The molecule has 1 aromatic heterocycles. The van der Waals surface area contributed by atoms with E-state index in [2.05, 4.69) is 10.3 Å². The van der Waals surface area contributed by atoms with Crippen molar-refractivity contribution in [3.05, 3.63) is 53.7 Å². The normalized spacial score (nSPS) is 33.8. The Labute approximate surface area is 170 Å². The van der Waals surface area contributed by atoms with E-state index in [1.807, 2.05) is 0 Å². The highest BCUT2D eigenvalue weighted by molar-refractivity contribution is 6.01. The molecule has 2 saturated heterocycles. The first-order chi connectivity index (χ1) is 14.2. The number of rotatable bonds is 4. The zero-order chi connectivity index (χ0) is 21.3. The lowest BCUT2D eigenvalue weighted by Gasteiger charge is -2.29. The molecule has 3 fully saturated rings.